The van der Waals surface area contributed by atoms with Crippen molar-refractivity contribution in [2.24, 2.45) is 44.7 Å². The molecular weight excluding hydrogens is 2190 g/mol. The molecule has 3 aromatic carbocycles. The smallest absolute Gasteiger partial charge is 1.00 e. The van der Waals surface area contributed by atoms with Gasteiger partial charge in [0.1, 0.15) is 28.5 Å². The van der Waals surface area contributed by atoms with E-state index >= 15 is 0 Å². The number of anilines is 2. The molecule has 0 spiro atoms. The Bertz CT molecular complexity index is 5080. The summed E-state index contributed by atoms with van der Waals surface area (Å²) in [5, 5.41) is 43.0. The number of nitrogens with zero attached hydrogens (tertiary/aromatic N) is 16. The molecular formula is C97H123Cl4Cs2N19O22. The first-order valence-electron chi connectivity index (χ1n) is 46.4. The topological polar surface area (TPSA) is 521 Å². The number of nitrogens with one attached hydrogen (secondary N) is 3. The number of carbonyl (C=O) groups excluding carboxylic acids is 10. The molecule has 10 heterocycles. The predicted octanol–water partition coefficient (Wildman–Crippen LogP) is 5.89. The summed E-state index contributed by atoms with van der Waals surface area (Å²) < 4.78 is 43.9. The number of fused-ring (bicyclic) bond motifs is 2. The van der Waals surface area contributed by atoms with Gasteiger partial charge in [0.25, 0.3) is 6.47 Å². The first kappa shape index (κ1) is 125. The van der Waals surface area contributed by atoms with E-state index in [1.807, 2.05) is 108 Å². The fourth-order valence-corrected chi connectivity index (χ4v) is 16.6. The number of hydrazone groups is 2. The predicted molar refractivity (Wildman–Crippen MR) is 524 cm³/mol. The minimum Gasteiger partial charge on any atom is -1.00 e. The Hall–Kier alpha value is -9.09. The molecule has 41 nitrogen and oxygen atoms in total. The molecule has 2 aliphatic carbocycles. The van der Waals surface area contributed by atoms with Crippen LogP contribution in [0.25, 0.3) is 0 Å². The largest absolute Gasteiger partial charge is 1.00 e. The summed E-state index contributed by atoms with van der Waals surface area (Å²) in [6.07, 6.45) is 23.6. The molecule has 1 unspecified atom stereocenters. The van der Waals surface area contributed by atoms with Crippen LogP contribution < -0.4 is 182 Å². The summed E-state index contributed by atoms with van der Waals surface area (Å²) >= 11 is 21.8. The van der Waals surface area contributed by atoms with E-state index in [9.17, 15) is 43.2 Å². The molecule has 5 fully saturated rings. The standard InChI is InChI=1S/2C23H27N5O4.C15H21N3O.C11H18O.2C8H9ClN2O3.C4H2Cl2N2.C4H8O3.CH2O3.2Cs.H/c1-2-31-21(29)16-32-20-9-12-24-23(26-20)27-14-10-18(11-15-27)22(30)28-19(8-13-25-28)17-6-4-3-5-7-17;1-2-31-21(29)16-32-23-24-12-9-20(26-23)27-14-10-18(11-15-27)22(30)28-19(8-13-25-28)17-6-4-3-5-7-17;16-9-6-14(12-4-2-1-3-5-12)18-15(19)13-7-10-17-11-8-13;1-4-11-6-5-8(7-9(11)12)10(11,2)3;1-2-13-7(12)5-14-6-3-4-10-8(9)11-6;1-2-13-7(12)5-14-8-10-4-3-6(9)11-8;5-3-1-2-7-4(6)8-3;1-2-7-4(6)3-5;2-1-4-3;;;/h2*3-7,9,12-13,18-19H,2,8,10-11,14-16H2,1H3;1-5,9,13-14,16-17H,6-8,10-11H2,(H,18,19);8H,4-7H2,1-3H3;2*3-4H,2,5H2,1H3;1-2H;5H,2-3H2,1H3;1,3H;;;/q;;;;;;;;;2*+1;-1/p-1/t2*19-;14-;8?,11-;;;;;;;;/m0000......../s1. The summed E-state index contributed by atoms with van der Waals surface area (Å²) in [6.45, 7) is 20.0. The van der Waals surface area contributed by atoms with Crippen LogP contribution in [0.2, 0.25) is 20.9 Å². The van der Waals surface area contributed by atoms with Gasteiger partial charge in [-0.05, 0) is 181 Å². The van der Waals surface area contributed by atoms with Gasteiger partial charge in [-0.25, -0.2) is 63.9 Å². The maximum Gasteiger partial charge on any atom is 1.00 e. The third-order valence-electron chi connectivity index (χ3n) is 23.1. The Morgan fingerprint density at radius 2 is 0.951 bits per heavy atom. The van der Waals surface area contributed by atoms with Crippen molar-refractivity contribution in [3.63, 3.8) is 0 Å². The molecule has 2 saturated carbocycles. The van der Waals surface area contributed by atoms with Crippen LogP contribution >= 0.6 is 46.4 Å². The molecule has 3 saturated heterocycles. The van der Waals surface area contributed by atoms with E-state index in [0.717, 1.165) is 87.6 Å². The maximum atomic E-state index is 13.2. The molecule has 8 aromatic rings. The van der Waals surface area contributed by atoms with Crippen LogP contribution in [-0.2, 0) is 76.5 Å². The van der Waals surface area contributed by atoms with E-state index in [4.69, 9.17) is 95.4 Å². The molecule has 3 amide bonds. The van der Waals surface area contributed by atoms with Crippen molar-refractivity contribution in [2.75, 3.05) is 115 Å². The van der Waals surface area contributed by atoms with Crippen LogP contribution in [0.5, 0.6) is 23.8 Å². The van der Waals surface area contributed by atoms with Gasteiger partial charge in [0.15, 0.2) is 26.4 Å². The Balaban J connectivity index is 0.000000359. The van der Waals surface area contributed by atoms with Crippen LogP contribution in [0.4, 0.5) is 11.8 Å². The van der Waals surface area contributed by atoms with Gasteiger partial charge >= 0.3 is 180 Å². The molecule has 5 atom stereocenters. The molecule has 7 aliphatic rings. The van der Waals surface area contributed by atoms with Gasteiger partial charge in [0.2, 0.25) is 46.0 Å². The Labute approximate surface area is 976 Å². The summed E-state index contributed by atoms with van der Waals surface area (Å²) in [6, 6.07) is 38.0. The molecule has 5 aromatic heterocycles. The number of aromatic nitrogens is 10. The van der Waals surface area contributed by atoms with Gasteiger partial charge in [0, 0.05) is 131 Å². The number of piperidine rings is 3. The van der Waals surface area contributed by atoms with Crippen LogP contribution in [0, 0.1) is 39.9 Å². The number of hydrogen-bond donors (Lipinski definition) is 4. The van der Waals surface area contributed by atoms with Crippen molar-refractivity contribution >= 4 is 137 Å². The van der Waals surface area contributed by atoms with Gasteiger partial charge in [-0.15, -0.1) is 0 Å². The van der Waals surface area contributed by atoms with Crippen LogP contribution in [0.15, 0.2) is 163 Å². The molecule has 768 valence electrons. The molecule has 4 N–H and O–H groups in total. The number of hydrogen-bond acceptors (Lipinski definition) is 38. The number of rotatable bonds is 31. The fraction of sp³-hybridized carbons (Fsp3) is 0.474. The van der Waals surface area contributed by atoms with E-state index < -0.39 is 36.5 Å². The normalized spacial score (nSPS) is 17.2. The first-order valence-corrected chi connectivity index (χ1v) is 47.9. The Kier molecular flexibility index (Phi) is 60.9. The van der Waals surface area contributed by atoms with Crippen molar-refractivity contribution in [3.05, 3.63) is 190 Å². The van der Waals surface area contributed by atoms with Crippen LogP contribution in [-0.4, -0.2) is 249 Å². The number of ketones is 1. The van der Waals surface area contributed by atoms with Gasteiger partial charge in [-0.1, -0.05) is 135 Å². The maximum absolute atomic E-state index is 13.2. The Morgan fingerprint density at radius 3 is 1.35 bits per heavy atom. The summed E-state index contributed by atoms with van der Waals surface area (Å²) in [7, 11) is 0. The van der Waals surface area contributed by atoms with E-state index in [1.54, 1.807) is 75.2 Å². The quantitative estimate of drug-likeness (QED) is 0.00575. The minimum atomic E-state index is -0.567. The molecule has 0 radical (unpaired) electrons. The van der Waals surface area contributed by atoms with Crippen LogP contribution in [0.3, 0.4) is 0 Å². The molecule has 5 aliphatic heterocycles. The second kappa shape index (κ2) is 69.9. The third-order valence-corrected chi connectivity index (χ3v) is 23.9. The fourth-order valence-electron chi connectivity index (χ4n) is 16.0. The average Bonchev–Trinajstić information content (AvgIpc) is 1.55. The van der Waals surface area contributed by atoms with Gasteiger partial charge in [0.05, 0.1) is 51.2 Å². The summed E-state index contributed by atoms with van der Waals surface area (Å²) in [5.74, 6) is 0.885. The SMILES string of the molecule is CCOC(=O)CO.CCOC(=O)COc1ccnc(Cl)n1.CCOC(=O)COc1ccnc(N2CCC(C(=O)N3N=CC[C@H]3c3ccccc3)CC2)n1.CCOC(=O)COc1nccc(Cl)n1.CCOC(=O)COc1nccc(N2CCC(C(=O)N3N=CC[C@H]3c3ccccc3)CC2)n1.CC[C@]12CCC(CC1=O)C2(C)C.Clc1ccnc(Cl)n1.N=CC[C@H](NC(=O)C1CCNCC1)c1ccccc1.O=CO[O-].[Cs+].[Cs+].[H-]. The molecule has 47 heteroatoms. The van der Waals surface area contributed by atoms with Gasteiger partial charge in [-0.3, -0.25) is 24.0 Å². The summed E-state index contributed by atoms with van der Waals surface area (Å²) in [4.78, 5) is 160. The van der Waals surface area contributed by atoms with Gasteiger partial charge < -0.3 is 85.2 Å². The van der Waals surface area contributed by atoms with Gasteiger partial charge in [-0.2, -0.15) is 30.1 Å². The number of amides is 3. The van der Waals surface area contributed by atoms with E-state index in [-0.39, 0.29) is 265 Å². The number of aliphatic hydroxyl groups is 1. The number of benzene rings is 3. The van der Waals surface area contributed by atoms with Crippen molar-refractivity contribution in [2.45, 2.75) is 157 Å². The van der Waals surface area contributed by atoms with Crippen molar-refractivity contribution in [1.29, 1.82) is 5.41 Å². The van der Waals surface area contributed by atoms with Crippen molar-refractivity contribution in [3.8, 4) is 23.8 Å². The van der Waals surface area contributed by atoms with Crippen molar-refractivity contribution < 1.29 is 245 Å². The number of carbonyl (C=O) groups is 10. The number of esters is 5. The van der Waals surface area contributed by atoms with E-state index in [0.29, 0.717) is 118 Å². The summed E-state index contributed by atoms with van der Waals surface area (Å²) in [5.41, 5.74) is 3.63. The average molecular weight is 2310 g/mol. The molecule has 144 heavy (non-hydrogen) atoms. The first-order chi connectivity index (χ1) is 68.6. The van der Waals surface area contributed by atoms with E-state index in [2.05, 4.69) is 115 Å². The van der Waals surface area contributed by atoms with Crippen molar-refractivity contribution in [1.82, 2.24) is 70.5 Å². The third kappa shape index (κ3) is 43.0. The monoisotopic (exact) mass is 2310 g/mol. The number of ether oxygens (including phenoxy) is 9. The molecule has 2 bridgehead atoms. The zero-order chi connectivity index (χ0) is 103. The number of Topliss-reactive ketones (excluding diaryl/α,β-unsaturated/α-hetero) is 1. The number of aliphatic hydroxyl groups excluding tert-OH is 1. The van der Waals surface area contributed by atoms with E-state index in [1.165, 1.54) is 43.4 Å². The zero-order valence-electron chi connectivity index (χ0n) is 83.5. The number of halogens is 4. The van der Waals surface area contributed by atoms with Crippen LogP contribution in [0.1, 0.15) is 175 Å². The minimum absolute atomic E-state index is 0. The second-order valence-electron chi connectivity index (χ2n) is 32.2. The Morgan fingerprint density at radius 1 is 0.528 bits per heavy atom. The molecule has 15 rings (SSSR count). The second-order valence-corrected chi connectivity index (χ2v) is 33.6. The zero-order valence-corrected chi connectivity index (χ0v) is 98.1.